The van der Waals surface area contributed by atoms with E-state index in [0.29, 0.717) is 36.3 Å². The predicted molar refractivity (Wildman–Crippen MR) is 134 cm³/mol. The van der Waals surface area contributed by atoms with E-state index in [-0.39, 0.29) is 17.3 Å². The molecule has 0 aliphatic heterocycles. The summed E-state index contributed by atoms with van der Waals surface area (Å²) >= 11 is 5.93. The minimum Gasteiger partial charge on any atom is -0.490 e. The molecule has 178 valence electrons. The van der Waals surface area contributed by atoms with Gasteiger partial charge >= 0.3 is 0 Å². The second kappa shape index (κ2) is 12.8. The minimum atomic E-state index is -3.66. The fourth-order valence-corrected chi connectivity index (χ4v) is 3.74. The third kappa shape index (κ3) is 8.53. The molecule has 6 nitrogen and oxygen atoms in total. The molecule has 0 saturated carbocycles. The zero-order valence-corrected chi connectivity index (χ0v) is 20.7. The number of primary sulfonamides is 1. The van der Waals surface area contributed by atoms with Crippen LogP contribution in [0.2, 0.25) is 5.02 Å². The molecular formula is C24H28Cl2N2O4S. The number of hydrogen-bond donors (Lipinski definition) is 2. The van der Waals surface area contributed by atoms with Crippen molar-refractivity contribution in [3.8, 4) is 11.5 Å². The topological polar surface area (TPSA) is 90.6 Å². The minimum absolute atomic E-state index is 0. The molecule has 0 radical (unpaired) electrons. The zero-order valence-electron chi connectivity index (χ0n) is 18.3. The van der Waals surface area contributed by atoms with Crippen molar-refractivity contribution in [1.29, 1.82) is 0 Å². The Hall–Kier alpha value is -2.29. The summed E-state index contributed by atoms with van der Waals surface area (Å²) in [6.07, 6.45) is 0.769. The van der Waals surface area contributed by atoms with Gasteiger partial charge in [0, 0.05) is 11.6 Å². The quantitative estimate of drug-likeness (QED) is 0.364. The van der Waals surface area contributed by atoms with Crippen molar-refractivity contribution in [1.82, 2.24) is 5.32 Å². The first-order valence-corrected chi connectivity index (χ1v) is 12.2. The Bertz CT molecular complexity index is 1120. The van der Waals surface area contributed by atoms with E-state index in [1.807, 2.05) is 49.4 Å². The molecule has 0 heterocycles. The normalized spacial score (nSPS) is 11.0. The molecular weight excluding hydrogens is 483 g/mol. The average Bonchev–Trinajstić information content (AvgIpc) is 2.77. The van der Waals surface area contributed by atoms with Crippen LogP contribution < -0.4 is 19.9 Å². The second-order valence-electron chi connectivity index (χ2n) is 7.24. The number of halogens is 2. The smallest absolute Gasteiger partial charge is 0.238 e. The van der Waals surface area contributed by atoms with Crippen LogP contribution in [0.4, 0.5) is 0 Å². The Morgan fingerprint density at radius 3 is 2.15 bits per heavy atom. The highest BCUT2D eigenvalue weighted by Gasteiger charge is 2.08. The molecule has 0 aliphatic carbocycles. The molecule has 0 aliphatic rings. The van der Waals surface area contributed by atoms with Gasteiger partial charge in [-0.2, -0.15) is 0 Å². The molecule has 0 unspecified atom stereocenters. The maximum Gasteiger partial charge on any atom is 0.238 e. The first-order valence-electron chi connectivity index (χ1n) is 10.3. The average molecular weight is 511 g/mol. The fourth-order valence-electron chi connectivity index (χ4n) is 3.10. The summed E-state index contributed by atoms with van der Waals surface area (Å²) in [5.41, 5.74) is 3.14. The van der Waals surface area contributed by atoms with Gasteiger partial charge in [-0.15, -0.1) is 12.4 Å². The van der Waals surface area contributed by atoms with Crippen LogP contribution in [0.25, 0.3) is 0 Å². The molecule has 9 heteroatoms. The van der Waals surface area contributed by atoms with Crippen molar-refractivity contribution in [3.63, 3.8) is 0 Å². The monoisotopic (exact) mass is 510 g/mol. The number of rotatable bonds is 11. The Morgan fingerprint density at radius 1 is 0.879 bits per heavy atom. The van der Waals surface area contributed by atoms with Crippen LogP contribution in [0.3, 0.4) is 0 Å². The van der Waals surface area contributed by atoms with E-state index < -0.39 is 10.0 Å². The number of hydrogen-bond acceptors (Lipinski definition) is 5. The van der Waals surface area contributed by atoms with Gasteiger partial charge < -0.3 is 14.8 Å². The Labute approximate surface area is 206 Å². The van der Waals surface area contributed by atoms with Crippen molar-refractivity contribution in [2.24, 2.45) is 5.14 Å². The maximum absolute atomic E-state index is 11.3. The zero-order chi connectivity index (χ0) is 23.0. The molecule has 0 amide bonds. The molecule has 33 heavy (non-hydrogen) atoms. The lowest BCUT2D eigenvalue weighted by Gasteiger charge is -2.14. The van der Waals surface area contributed by atoms with Crippen LogP contribution >= 0.6 is 24.0 Å². The summed E-state index contributed by atoms with van der Waals surface area (Å²) in [5, 5.41) is 9.22. The van der Waals surface area contributed by atoms with Crippen LogP contribution in [0.5, 0.6) is 11.5 Å². The van der Waals surface area contributed by atoms with E-state index in [0.717, 1.165) is 29.7 Å². The van der Waals surface area contributed by atoms with Crippen molar-refractivity contribution in [2.75, 3.05) is 13.2 Å². The van der Waals surface area contributed by atoms with Crippen molar-refractivity contribution < 1.29 is 17.9 Å². The van der Waals surface area contributed by atoms with Crippen molar-refractivity contribution in [3.05, 3.63) is 88.4 Å². The summed E-state index contributed by atoms with van der Waals surface area (Å²) < 4.78 is 34.4. The standard InChI is InChI=1S/C24H27ClN2O4S.ClH/c1-2-30-24-15-20(7-12-23(24)31-17-19-3-8-21(25)9-4-19)16-27-14-13-18-5-10-22(11-6-18)32(26,28)29;/h3-12,15,27H,2,13-14,16-17H2,1H3,(H2,26,28,29);1H. The molecule has 3 rings (SSSR count). The lowest BCUT2D eigenvalue weighted by molar-refractivity contribution is 0.269. The molecule has 0 saturated heterocycles. The lowest BCUT2D eigenvalue weighted by Crippen LogP contribution is -2.17. The molecule has 3 N–H and O–H groups in total. The van der Waals surface area contributed by atoms with Crippen molar-refractivity contribution >= 4 is 34.0 Å². The second-order valence-corrected chi connectivity index (χ2v) is 9.24. The molecule has 0 bridgehead atoms. The molecule has 3 aromatic rings. The van der Waals surface area contributed by atoms with Crippen LogP contribution in [-0.4, -0.2) is 21.6 Å². The SMILES string of the molecule is CCOc1cc(CNCCc2ccc(S(N)(=O)=O)cc2)ccc1OCc1ccc(Cl)cc1.Cl. The van der Waals surface area contributed by atoms with Gasteiger partial charge in [-0.05, 0) is 73.0 Å². The third-order valence-electron chi connectivity index (χ3n) is 4.79. The van der Waals surface area contributed by atoms with E-state index in [1.54, 1.807) is 12.1 Å². The summed E-state index contributed by atoms with van der Waals surface area (Å²) in [5.74, 6) is 1.40. The molecule has 0 aromatic heterocycles. The summed E-state index contributed by atoms with van der Waals surface area (Å²) in [6, 6.07) is 20.1. The number of ether oxygens (including phenoxy) is 2. The first-order chi connectivity index (χ1) is 15.3. The number of sulfonamides is 1. The van der Waals surface area contributed by atoms with Crippen molar-refractivity contribution in [2.45, 2.75) is 31.4 Å². The number of nitrogens with one attached hydrogen (secondary N) is 1. The highest BCUT2D eigenvalue weighted by molar-refractivity contribution is 7.89. The highest BCUT2D eigenvalue weighted by Crippen LogP contribution is 2.29. The Balaban J connectivity index is 0.00000385. The first kappa shape index (κ1) is 27.0. The summed E-state index contributed by atoms with van der Waals surface area (Å²) in [4.78, 5) is 0.121. The van der Waals surface area contributed by atoms with Gasteiger partial charge in [-0.1, -0.05) is 41.9 Å². The van der Waals surface area contributed by atoms with E-state index in [9.17, 15) is 8.42 Å². The van der Waals surface area contributed by atoms with Gasteiger partial charge in [0.05, 0.1) is 11.5 Å². The van der Waals surface area contributed by atoms with Crippen LogP contribution in [0.1, 0.15) is 23.6 Å². The molecule has 0 atom stereocenters. The maximum atomic E-state index is 11.3. The van der Waals surface area contributed by atoms with E-state index in [2.05, 4.69) is 5.32 Å². The van der Waals surface area contributed by atoms with E-state index in [4.69, 9.17) is 26.2 Å². The Kier molecular flexibility index (Phi) is 10.5. The van der Waals surface area contributed by atoms with Gasteiger partial charge in [0.2, 0.25) is 10.0 Å². The van der Waals surface area contributed by atoms with Gasteiger partial charge in [0.25, 0.3) is 0 Å². The van der Waals surface area contributed by atoms with Gasteiger partial charge in [-0.25, -0.2) is 13.6 Å². The summed E-state index contributed by atoms with van der Waals surface area (Å²) in [7, 11) is -3.66. The van der Waals surface area contributed by atoms with Gasteiger partial charge in [0.1, 0.15) is 6.61 Å². The predicted octanol–water partition coefficient (Wildman–Crippen LogP) is 4.72. The van der Waals surface area contributed by atoms with Crippen LogP contribution in [0.15, 0.2) is 71.6 Å². The van der Waals surface area contributed by atoms with Gasteiger partial charge in [0.15, 0.2) is 11.5 Å². The van der Waals surface area contributed by atoms with E-state index >= 15 is 0 Å². The number of benzene rings is 3. The van der Waals surface area contributed by atoms with Crippen LogP contribution in [0, 0.1) is 0 Å². The fraction of sp³-hybridized carbons (Fsp3) is 0.250. The highest BCUT2D eigenvalue weighted by atomic mass is 35.5. The summed E-state index contributed by atoms with van der Waals surface area (Å²) in [6.45, 7) is 4.33. The molecule has 0 spiro atoms. The van der Waals surface area contributed by atoms with Gasteiger partial charge in [-0.3, -0.25) is 0 Å². The Morgan fingerprint density at radius 2 is 1.52 bits per heavy atom. The van der Waals surface area contributed by atoms with Crippen LogP contribution in [-0.2, 0) is 29.6 Å². The molecule has 0 fully saturated rings. The van der Waals surface area contributed by atoms with E-state index in [1.165, 1.54) is 12.1 Å². The lowest BCUT2D eigenvalue weighted by atomic mass is 10.1. The number of nitrogens with two attached hydrogens (primary N) is 1. The third-order valence-corrected chi connectivity index (χ3v) is 5.97. The largest absolute Gasteiger partial charge is 0.490 e. The molecule has 3 aromatic carbocycles.